The van der Waals surface area contributed by atoms with E-state index in [0.29, 0.717) is 16.5 Å². The summed E-state index contributed by atoms with van der Waals surface area (Å²) in [5.41, 5.74) is 5.87. The Kier molecular flexibility index (Phi) is 9.32. The molecule has 36 heavy (non-hydrogen) atoms. The minimum Gasteiger partial charge on any atom is -0.321 e. The number of anilines is 1. The van der Waals surface area contributed by atoms with Crippen LogP contribution in [0.15, 0.2) is 102 Å². The normalized spacial score (nSPS) is 18.6. The lowest BCUT2D eigenvalue weighted by Gasteiger charge is -2.37. The average molecular weight is 499 g/mol. The maximum absolute atomic E-state index is 12.3. The number of benzene rings is 1. The number of allylic oxidation sites excluding steroid dienone is 8. The Morgan fingerprint density at radius 3 is 2.75 bits per heavy atom. The van der Waals surface area contributed by atoms with Gasteiger partial charge in [-0.2, -0.15) is 5.26 Å². The molecular formula is C30H34N4OS. The van der Waals surface area contributed by atoms with Crippen LogP contribution in [0.5, 0.6) is 0 Å². The van der Waals surface area contributed by atoms with E-state index >= 15 is 0 Å². The second-order valence-corrected chi connectivity index (χ2v) is 10.9. The van der Waals surface area contributed by atoms with Crippen LogP contribution in [0.3, 0.4) is 0 Å². The molecule has 3 rings (SSSR count). The Hall–Kier alpha value is -3.56. The second kappa shape index (κ2) is 12.4. The van der Waals surface area contributed by atoms with Gasteiger partial charge < -0.3 is 5.32 Å². The van der Waals surface area contributed by atoms with Gasteiger partial charge in [-0.1, -0.05) is 67.5 Å². The zero-order chi connectivity index (χ0) is 26.1. The summed E-state index contributed by atoms with van der Waals surface area (Å²) >= 11 is 1.82. The van der Waals surface area contributed by atoms with Crippen molar-refractivity contribution in [1.29, 1.82) is 5.26 Å². The standard InChI is InChI=1S/C30H34N4OS/c1-22(9-8-10-23(2)19-29(35)33-27-12-7-6-11-25(27)20-31)13-14-26-24(3)28(15-16-30(26,4)5)36-34-18-17-32-21-34/h6-14,17-19,21,28H,15-16H2,1-5H3,(H,33,35)/b10-8+,14-13+,22-9+,23-19+. The van der Waals surface area contributed by atoms with Gasteiger partial charge >= 0.3 is 0 Å². The van der Waals surface area contributed by atoms with Crippen LogP contribution in [0.4, 0.5) is 5.69 Å². The summed E-state index contributed by atoms with van der Waals surface area (Å²) in [7, 11) is 0. The van der Waals surface area contributed by atoms with Gasteiger partial charge in [-0.3, -0.25) is 8.77 Å². The number of nitrogens with one attached hydrogen (secondary N) is 1. The molecule has 0 spiro atoms. The highest BCUT2D eigenvalue weighted by Gasteiger charge is 2.32. The molecule has 6 heteroatoms. The van der Waals surface area contributed by atoms with Crippen molar-refractivity contribution in [2.45, 2.75) is 52.7 Å². The molecule has 1 N–H and O–H groups in total. The van der Waals surface area contributed by atoms with Gasteiger partial charge in [-0.25, -0.2) is 4.98 Å². The largest absolute Gasteiger partial charge is 0.321 e. The number of imidazole rings is 1. The summed E-state index contributed by atoms with van der Waals surface area (Å²) < 4.78 is 2.09. The van der Waals surface area contributed by atoms with Crippen LogP contribution in [0.2, 0.25) is 0 Å². The monoisotopic (exact) mass is 498 g/mol. The van der Waals surface area contributed by atoms with Gasteiger partial charge in [0.15, 0.2) is 0 Å². The number of amides is 1. The summed E-state index contributed by atoms with van der Waals surface area (Å²) in [4.78, 5) is 16.5. The fourth-order valence-corrected chi connectivity index (χ4v) is 5.27. The van der Waals surface area contributed by atoms with E-state index in [9.17, 15) is 4.79 Å². The van der Waals surface area contributed by atoms with Crippen LogP contribution in [0.1, 0.15) is 53.0 Å². The molecule has 1 unspecified atom stereocenters. The smallest absolute Gasteiger partial charge is 0.248 e. The van der Waals surface area contributed by atoms with Gasteiger partial charge in [0.2, 0.25) is 5.91 Å². The number of carbonyl (C=O) groups excluding carboxylic acids is 1. The van der Waals surface area contributed by atoms with E-state index in [1.165, 1.54) is 17.2 Å². The third-order valence-electron chi connectivity index (χ3n) is 6.29. The Morgan fingerprint density at radius 1 is 1.25 bits per heavy atom. The Balaban J connectivity index is 1.65. The molecule has 1 aromatic heterocycles. The van der Waals surface area contributed by atoms with E-state index < -0.39 is 0 Å². The minimum atomic E-state index is -0.259. The van der Waals surface area contributed by atoms with E-state index in [1.807, 2.05) is 55.8 Å². The van der Waals surface area contributed by atoms with Crippen molar-refractivity contribution in [2.75, 3.05) is 5.32 Å². The van der Waals surface area contributed by atoms with Crippen molar-refractivity contribution in [3.8, 4) is 6.07 Å². The highest BCUT2D eigenvalue weighted by atomic mass is 32.2. The van der Waals surface area contributed by atoms with Crippen LogP contribution < -0.4 is 5.32 Å². The fraction of sp³-hybridized carbons (Fsp3) is 0.300. The van der Waals surface area contributed by atoms with Crippen LogP contribution in [-0.2, 0) is 4.79 Å². The molecule has 0 saturated heterocycles. The van der Waals surface area contributed by atoms with Crippen LogP contribution >= 0.6 is 11.9 Å². The number of hydrogen-bond acceptors (Lipinski definition) is 4. The SMILES string of the molecule is CC1=C(/C=C/C(C)=C/C=C/C(C)=C/C(=O)Nc2ccccc2C#N)C(C)(C)CCC1Sn1ccnc1. The molecule has 1 amide bonds. The Labute approximate surface area is 219 Å². The molecule has 1 atom stereocenters. The molecule has 1 heterocycles. The van der Waals surface area contributed by atoms with E-state index in [0.717, 1.165) is 24.0 Å². The van der Waals surface area contributed by atoms with Crippen molar-refractivity contribution in [1.82, 2.24) is 8.96 Å². The Morgan fingerprint density at radius 2 is 2.03 bits per heavy atom. The van der Waals surface area contributed by atoms with Gasteiger partial charge in [0, 0.05) is 23.7 Å². The fourth-order valence-electron chi connectivity index (χ4n) is 4.23. The van der Waals surface area contributed by atoms with Gasteiger partial charge in [0.1, 0.15) is 12.4 Å². The molecular weight excluding hydrogens is 464 g/mol. The van der Waals surface area contributed by atoms with Crippen molar-refractivity contribution in [2.24, 2.45) is 5.41 Å². The molecule has 1 aliphatic carbocycles. The van der Waals surface area contributed by atoms with Crippen molar-refractivity contribution < 1.29 is 4.79 Å². The first-order chi connectivity index (χ1) is 17.2. The molecule has 0 aliphatic heterocycles. The predicted molar refractivity (Wildman–Crippen MR) is 150 cm³/mol. The summed E-state index contributed by atoms with van der Waals surface area (Å²) in [6.45, 7) is 10.8. The average Bonchev–Trinajstić information content (AvgIpc) is 3.34. The summed E-state index contributed by atoms with van der Waals surface area (Å²) in [5.74, 6) is -0.259. The summed E-state index contributed by atoms with van der Waals surface area (Å²) in [5, 5.41) is 12.4. The molecule has 0 bridgehead atoms. The highest BCUT2D eigenvalue weighted by Crippen LogP contribution is 2.44. The van der Waals surface area contributed by atoms with Crippen LogP contribution in [-0.4, -0.2) is 20.1 Å². The lowest BCUT2D eigenvalue weighted by Crippen LogP contribution is -2.26. The first-order valence-corrected chi connectivity index (χ1v) is 12.9. The van der Waals surface area contributed by atoms with Gasteiger partial charge in [-0.15, -0.1) is 0 Å². The molecule has 0 fully saturated rings. The lowest BCUT2D eigenvalue weighted by molar-refractivity contribution is -0.111. The maximum Gasteiger partial charge on any atom is 0.248 e. The molecule has 1 aromatic carbocycles. The third-order valence-corrected chi connectivity index (χ3v) is 7.60. The van der Waals surface area contributed by atoms with Crippen LogP contribution in [0.25, 0.3) is 0 Å². The van der Waals surface area contributed by atoms with E-state index in [1.54, 1.807) is 24.3 Å². The third kappa shape index (κ3) is 7.47. The van der Waals surface area contributed by atoms with E-state index in [2.05, 4.69) is 60.2 Å². The first kappa shape index (κ1) is 27.0. The van der Waals surface area contributed by atoms with Crippen molar-refractivity contribution in [3.05, 3.63) is 107 Å². The number of hydrogen-bond donors (Lipinski definition) is 1. The molecule has 0 radical (unpaired) electrons. The predicted octanol–water partition coefficient (Wildman–Crippen LogP) is 7.40. The minimum absolute atomic E-state index is 0.138. The molecule has 5 nitrogen and oxygen atoms in total. The quantitative estimate of drug-likeness (QED) is 0.304. The number of nitrogens with zero attached hydrogens (tertiary/aromatic N) is 3. The number of rotatable bonds is 8. The zero-order valence-corrected chi connectivity index (χ0v) is 22.5. The summed E-state index contributed by atoms with van der Waals surface area (Å²) in [6.07, 6.45) is 19.8. The number of para-hydroxylation sites is 1. The van der Waals surface area contributed by atoms with Crippen molar-refractivity contribution >= 4 is 23.5 Å². The number of carbonyl (C=O) groups is 1. The van der Waals surface area contributed by atoms with E-state index in [-0.39, 0.29) is 11.3 Å². The van der Waals surface area contributed by atoms with Crippen LogP contribution in [0, 0.1) is 16.7 Å². The van der Waals surface area contributed by atoms with Gasteiger partial charge in [-0.05, 0) is 74.3 Å². The molecule has 1 aliphatic rings. The molecule has 186 valence electrons. The topological polar surface area (TPSA) is 70.7 Å². The van der Waals surface area contributed by atoms with Gasteiger partial charge in [0.25, 0.3) is 0 Å². The summed E-state index contributed by atoms with van der Waals surface area (Å²) in [6, 6.07) is 9.04. The van der Waals surface area contributed by atoms with Gasteiger partial charge in [0.05, 0.1) is 11.3 Å². The second-order valence-electron chi connectivity index (χ2n) is 9.67. The number of nitriles is 1. The Bertz CT molecular complexity index is 1270. The lowest BCUT2D eigenvalue weighted by atomic mass is 9.72. The zero-order valence-electron chi connectivity index (χ0n) is 21.7. The van der Waals surface area contributed by atoms with Crippen molar-refractivity contribution in [3.63, 3.8) is 0 Å². The first-order valence-electron chi connectivity index (χ1n) is 12.1. The highest BCUT2D eigenvalue weighted by molar-refractivity contribution is 7.98. The molecule has 0 saturated carbocycles. The molecule has 2 aromatic rings. The number of aromatic nitrogens is 2. The maximum atomic E-state index is 12.3. The van der Waals surface area contributed by atoms with E-state index in [4.69, 9.17) is 5.26 Å².